The molecule has 0 unspecified atom stereocenters. The maximum atomic E-state index is 5.89. The molecule has 21 heavy (non-hydrogen) atoms. The Morgan fingerprint density at radius 2 is 2.00 bits per heavy atom. The quantitative estimate of drug-likeness (QED) is 0.722. The van der Waals surface area contributed by atoms with Crippen molar-refractivity contribution in [1.29, 1.82) is 0 Å². The summed E-state index contributed by atoms with van der Waals surface area (Å²) in [5, 5.41) is 6.77. The fraction of sp³-hybridized carbons (Fsp3) is 0.200. The van der Waals surface area contributed by atoms with Crippen LogP contribution in [0.1, 0.15) is 13.3 Å². The van der Waals surface area contributed by atoms with Crippen LogP contribution in [0, 0.1) is 0 Å². The summed E-state index contributed by atoms with van der Waals surface area (Å²) in [5.74, 6) is 1.85. The maximum Gasteiger partial charge on any atom is 0.232 e. The van der Waals surface area contributed by atoms with E-state index in [0.29, 0.717) is 22.6 Å². The van der Waals surface area contributed by atoms with Gasteiger partial charge in [0.25, 0.3) is 0 Å². The Bertz CT molecular complexity index is 742. The molecule has 0 amide bonds. The van der Waals surface area contributed by atoms with Crippen molar-refractivity contribution >= 4 is 39.1 Å². The summed E-state index contributed by atoms with van der Waals surface area (Å²) in [4.78, 5) is 9.85. The third-order valence-electron chi connectivity index (χ3n) is 2.85. The molecular formula is C15H14ClN3OS. The minimum absolute atomic E-state index is 0.558. The van der Waals surface area contributed by atoms with Gasteiger partial charge in [0.2, 0.25) is 11.8 Å². The van der Waals surface area contributed by atoms with E-state index in [4.69, 9.17) is 16.3 Å². The van der Waals surface area contributed by atoms with E-state index in [0.717, 1.165) is 23.2 Å². The van der Waals surface area contributed by atoms with Gasteiger partial charge < -0.3 is 10.1 Å². The first-order valence-electron chi connectivity index (χ1n) is 6.69. The average Bonchev–Trinajstić information content (AvgIpc) is 2.96. The second-order valence-corrected chi connectivity index (χ2v) is 5.81. The van der Waals surface area contributed by atoms with Gasteiger partial charge in [-0.2, -0.15) is 4.98 Å². The molecule has 0 fully saturated rings. The minimum atomic E-state index is 0.558. The summed E-state index contributed by atoms with van der Waals surface area (Å²) in [6.07, 6.45) is 1.01. The molecular weight excluding hydrogens is 306 g/mol. The highest BCUT2D eigenvalue weighted by Gasteiger charge is 2.11. The van der Waals surface area contributed by atoms with Gasteiger partial charge in [-0.15, -0.1) is 11.3 Å². The van der Waals surface area contributed by atoms with Crippen molar-refractivity contribution in [2.24, 2.45) is 0 Å². The summed E-state index contributed by atoms with van der Waals surface area (Å²) in [7, 11) is 0. The number of aromatic nitrogens is 2. The Morgan fingerprint density at radius 3 is 2.76 bits per heavy atom. The second-order valence-electron chi connectivity index (χ2n) is 4.47. The number of thiophene rings is 1. The Hall–Kier alpha value is -1.85. The largest absolute Gasteiger partial charge is 0.438 e. The van der Waals surface area contributed by atoms with E-state index >= 15 is 0 Å². The van der Waals surface area contributed by atoms with E-state index in [1.165, 1.54) is 0 Å². The third-order valence-corrected chi connectivity index (χ3v) is 3.91. The zero-order valence-electron chi connectivity index (χ0n) is 11.5. The molecule has 1 aromatic carbocycles. The highest BCUT2D eigenvalue weighted by atomic mass is 35.5. The summed E-state index contributed by atoms with van der Waals surface area (Å²) < 4.78 is 5.88. The van der Waals surface area contributed by atoms with Crippen molar-refractivity contribution in [3.05, 3.63) is 40.7 Å². The summed E-state index contributed by atoms with van der Waals surface area (Å²) >= 11 is 7.46. The predicted molar refractivity (Wildman–Crippen MR) is 87.7 cm³/mol. The number of nitrogens with zero attached hydrogens (tertiary/aromatic N) is 2. The highest BCUT2D eigenvalue weighted by Crippen LogP contribution is 2.31. The number of ether oxygens (including phenoxy) is 1. The summed E-state index contributed by atoms with van der Waals surface area (Å²) in [6.45, 7) is 2.93. The van der Waals surface area contributed by atoms with Gasteiger partial charge in [0.1, 0.15) is 10.6 Å². The number of halogens is 1. The Balaban J connectivity index is 1.95. The molecule has 0 spiro atoms. The van der Waals surface area contributed by atoms with E-state index in [1.54, 1.807) is 23.5 Å². The molecule has 0 aliphatic carbocycles. The SMILES string of the molecule is CCCNc1nc(Oc2ccc(Cl)cc2)c2ccsc2n1. The van der Waals surface area contributed by atoms with Crippen molar-refractivity contribution in [2.75, 3.05) is 11.9 Å². The lowest BCUT2D eigenvalue weighted by molar-refractivity contribution is 0.469. The number of benzene rings is 1. The van der Waals surface area contributed by atoms with Crippen LogP contribution >= 0.6 is 22.9 Å². The number of fused-ring (bicyclic) bond motifs is 1. The first-order chi connectivity index (χ1) is 10.3. The first kappa shape index (κ1) is 14.1. The van der Waals surface area contributed by atoms with Crippen molar-refractivity contribution in [3.63, 3.8) is 0 Å². The van der Waals surface area contributed by atoms with Crippen molar-refractivity contribution < 1.29 is 4.74 Å². The van der Waals surface area contributed by atoms with Crippen molar-refractivity contribution in [2.45, 2.75) is 13.3 Å². The van der Waals surface area contributed by atoms with Crippen LogP contribution < -0.4 is 10.1 Å². The van der Waals surface area contributed by atoms with Gasteiger partial charge in [-0.1, -0.05) is 18.5 Å². The molecule has 1 N–H and O–H groups in total. The second kappa shape index (κ2) is 6.28. The van der Waals surface area contributed by atoms with Crippen LogP contribution in [-0.2, 0) is 0 Å². The van der Waals surface area contributed by atoms with Crippen molar-refractivity contribution in [3.8, 4) is 11.6 Å². The molecule has 6 heteroatoms. The molecule has 4 nitrogen and oxygen atoms in total. The van der Waals surface area contributed by atoms with Crippen LogP contribution in [-0.4, -0.2) is 16.5 Å². The average molecular weight is 320 g/mol. The molecule has 2 heterocycles. The summed E-state index contributed by atoms with van der Waals surface area (Å²) in [6, 6.07) is 9.19. The Labute approximate surface area is 131 Å². The molecule has 0 saturated carbocycles. The molecule has 0 aliphatic rings. The van der Waals surface area contributed by atoms with E-state index in [9.17, 15) is 0 Å². The standard InChI is InChI=1S/C15H14ClN3OS/c1-2-8-17-15-18-13(12-7-9-21-14(12)19-15)20-11-5-3-10(16)4-6-11/h3-7,9H,2,8H2,1H3,(H,17,18,19). The smallest absolute Gasteiger partial charge is 0.232 e. The topological polar surface area (TPSA) is 47.0 Å². The lowest BCUT2D eigenvalue weighted by Gasteiger charge is -2.09. The van der Waals surface area contributed by atoms with E-state index < -0.39 is 0 Å². The van der Waals surface area contributed by atoms with Crippen LogP contribution in [0.4, 0.5) is 5.95 Å². The zero-order valence-corrected chi connectivity index (χ0v) is 13.0. The normalized spacial score (nSPS) is 10.8. The number of rotatable bonds is 5. The number of nitrogens with one attached hydrogen (secondary N) is 1. The number of hydrogen-bond donors (Lipinski definition) is 1. The maximum absolute atomic E-state index is 5.89. The molecule has 0 radical (unpaired) electrons. The molecule has 3 aromatic rings. The lowest BCUT2D eigenvalue weighted by atomic mass is 10.3. The van der Waals surface area contributed by atoms with Crippen LogP contribution in [0.15, 0.2) is 35.7 Å². The molecule has 0 aliphatic heterocycles. The number of hydrogen-bond acceptors (Lipinski definition) is 5. The predicted octanol–water partition coefficient (Wildman–Crippen LogP) is 4.96. The van der Waals surface area contributed by atoms with Gasteiger partial charge in [-0.05, 0) is 42.1 Å². The molecule has 108 valence electrons. The first-order valence-corrected chi connectivity index (χ1v) is 7.94. The molecule has 0 atom stereocenters. The van der Waals surface area contributed by atoms with E-state index in [-0.39, 0.29) is 0 Å². The molecule has 2 aromatic heterocycles. The van der Waals surface area contributed by atoms with Crippen LogP contribution in [0.5, 0.6) is 11.6 Å². The molecule has 0 saturated heterocycles. The van der Waals surface area contributed by atoms with Crippen LogP contribution in [0.2, 0.25) is 5.02 Å². The van der Waals surface area contributed by atoms with Gasteiger partial charge >= 0.3 is 0 Å². The molecule has 3 rings (SSSR count). The van der Waals surface area contributed by atoms with E-state index in [2.05, 4.69) is 22.2 Å². The highest BCUT2D eigenvalue weighted by molar-refractivity contribution is 7.16. The summed E-state index contributed by atoms with van der Waals surface area (Å²) in [5.41, 5.74) is 0. The Kier molecular flexibility index (Phi) is 4.22. The van der Waals surface area contributed by atoms with E-state index in [1.807, 2.05) is 23.6 Å². The van der Waals surface area contributed by atoms with Gasteiger partial charge in [0.15, 0.2) is 0 Å². The zero-order chi connectivity index (χ0) is 14.7. The lowest BCUT2D eigenvalue weighted by Crippen LogP contribution is -2.04. The Morgan fingerprint density at radius 1 is 1.19 bits per heavy atom. The molecule has 0 bridgehead atoms. The van der Waals surface area contributed by atoms with Gasteiger partial charge in [-0.3, -0.25) is 0 Å². The fourth-order valence-corrected chi connectivity index (χ4v) is 2.72. The minimum Gasteiger partial charge on any atom is -0.438 e. The number of anilines is 1. The van der Waals surface area contributed by atoms with Gasteiger partial charge in [-0.25, -0.2) is 4.98 Å². The monoisotopic (exact) mass is 319 g/mol. The third kappa shape index (κ3) is 3.25. The van der Waals surface area contributed by atoms with Crippen LogP contribution in [0.3, 0.4) is 0 Å². The van der Waals surface area contributed by atoms with Gasteiger partial charge in [0, 0.05) is 11.6 Å². The van der Waals surface area contributed by atoms with Crippen molar-refractivity contribution in [1.82, 2.24) is 9.97 Å². The van der Waals surface area contributed by atoms with Gasteiger partial charge in [0.05, 0.1) is 5.39 Å². The van der Waals surface area contributed by atoms with Crippen LogP contribution in [0.25, 0.3) is 10.2 Å². The fourth-order valence-electron chi connectivity index (χ4n) is 1.84.